The Kier molecular flexibility index (Phi) is 3.62. The van der Waals surface area contributed by atoms with Crippen LogP contribution in [0.3, 0.4) is 0 Å². The second-order valence-electron chi connectivity index (χ2n) is 6.25. The molecular formula is C16H17F2NO3. The Balaban J connectivity index is 1.57. The maximum absolute atomic E-state index is 13.6. The zero-order valence-electron chi connectivity index (χ0n) is 12.0. The summed E-state index contributed by atoms with van der Waals surface area (Å²) < 4.78 is 26.4. The molecule has 1 N–H and O–H groups in total. The van der Waals surface area contributed by atoms with E-state index < -0.39 is 17.6 Å². The van der Waals surface area contributed by atoms with Crippen molar-refractivity contribution < 1.29 is 23.5 Å². The molecule has 1 aliphatic heterocycles. The van der Waals surface area contributed by atoms with Crippen LogP contribution in [-0.2, 0) is 16.0 Å². The van der Waals surface area contributed by atoms with Gasteiger partial charge in [0.15, 0.2) is 0 Å². The normalized spacial score (nSPS) is 22.6. The lowest BCUT2D eigenvalue weighted by atomic mass is 9.90. The average molecular weight is 309 g/mol. The molecule has 22 heavy (non-hydrogen) atoms. The van der Waals surface area contributed by atoms with Crippen molar-refractivity contribution in [3.05, 3.63) is 35.4 Å². The molecule has 0 bridgehead atoms. The van der Waals surface area contributed by atoms with E-state index in [9.17, 15) is 18.4 Å². The molecule has 1 spiro atoms. The van der Waals surface area contributed by atoms with Crippen LogP contribution in [0, 0.1) is 23.0 Å². The van der Waals surface area contributed by atoms with Gasteiger partial charge >= 0.3 is 5.97 Å². The van der Waals surface area contributed by atoms with Crippen molar-refractivity contribution in [2.75, 3.05) is 13.1 Å². The summed E-state index contributed by atoms with van der Waals surface area (Å²) in [6.45, 7) is 1.01. The van der Waals surface area contributed by atoms with Crippen LogP contribution in [0.1, 0.15) is 24.8 Å². The SMILES string of the molecule is O=C(O)C1CC12CCN(C(=O)Cc1ccc(F)cc1F)CC2. The third-order valence-electron chi connectivity index (χ3n) is 4.96. The molecule has 2 aliphatic rings. The van der Waals surface area contributed by atoms with Gasteiger partial charge < -0.3 is 10.0 Å². The zero-order chi connectivity index (χ0) is 15.9. The predicted molar refractivity (Wildman–Crippen MR) is 74.1 cm³/mol. The van der Waals surface area contributed by atoms with Crippen LogP contribution in [0.25, 0.3) is 0 Å². The molecule has 1 aromatic carbocycles. The molecule has 2 fully saturated rings. The zero-order valence-corrected chi connectivity index (χ0v) is 12.0. The van der Waals surface area contributed by atoms with Crippen LogP contribution in [0.4, 0.5) is 8.78 Å². The van der Waals surface area contributed by atoms with E-state index >= 15 is 0 Å². The van der Waals surface area contributed by atoms with Gasteiger partial charge in [0, 0.05) is 19.2 Å². The Morgan fingerprint density at radius 1 is 1.27 bits per heavy atom. The lowest BCUT2D eigenvalue weighted by Gasteiger charge is -2.32. The van der Waals surface area contributed by atoms with Gasteiger partial charge in [-0.05, 0) is 36.3 Å². The molecule has 118 valence electrons. The number of amides is 1. The number of rotatable bonds is 3. The van der Waals surface area contributed by atoms with Gasteiger partial charge in [-0.25, -0.2) is 8.78 Å². The fourth-order valence-electron chi connectivity index (χ4n) is 3.39. The molecule has 1 atom stereocenters. The van der Waals surface area contributed by atoms with Crippen molar-refractivity contribution in [2.24, 2.45) is 11.3 Å². The van der Waals surface area contributed by atoms with Crippen molar-refractivity contribution in [2.45, 2.75) is 25.7 Å². The van der Waals surface area contributed by atoms with Crippen LogP contribution >= 0.6 is 0 Å². The summed E-state index contributed by atoms with van der Waals surface area (Å²) in [6, 6.07) is 3.20. The number of piperidine rings is 1. The fourth-order valence-corrected chi connectivity index (χ4v) is 3.39. The molecular weight excluding hydrogens is 292 g/mol. The Morgan fingerprint density at radius 2 is 1.95 bits per heavy atom. The van der Waals surface area contributed by atoms with E-state index in [-0.39, 0.29) is 29.2 Å². The Labute approximate surface area is 126 Å². The number of aliphatic carboxylic acids is 1. The number of hydrogen-bond donors (Lipinski definition) is 1. The Hall–Kier alpha value is -1.98. The van der Waals surface area contributed by atoms with Crippen LogP contribution in [0.15, 0.2) is 18.2 Å². The van der Waals surface area contributed by atoms with E-state index in [4.69, 9.17) is 5.11 Å². The van der Waals surface area contributed by atoms with Gasteiger partial charge in [-0.2, -0.15) is 0 Å². The standard InChI is InChI=1S/C16H17F2NO3/c17-11-2-1-10(13(18)8-11)7-14(20)19-5-3-16(4-6-19)9-12(16)15(21)22/h1-2,8,12H,3-7,9H2,(H,21,22). The van der Waals surface area contributed by atoms with Gasteiger partial charge in [0.2, 0.25) is 5.91 Å². The van der Waals surface area contributed by atoms with E-state index in [1.54, 1.807) is 4.90 Å². The molecule has 0 aromatic heterocycles. The minimum atomic E-state index is -0.756. The summed E-state index contributed by atoms with van der Waals surface area (Å²) in [7, 11) is 0. The third-order valence-corrected chi connectivity index (χ3v) is 4.96. The van der Waals surface area contributed by atoms with Crippen molar-refractivity contribution in [1.29, 1.82) is 0 Å². The summed E-state index contributed by atoms with van der Waals surface area (Å²) in [5.74, 6) is -2.61. The number of carboxylic acid groups (broad SMARTS) is 1. The van der Waals surface area contributed by atoms with Crippen LogP contribution < -0.4 is 0 Å². The van der Waals surface area contributed by atoms with Gasteiger partial charge in [0.05, 0.1) is 12.3 Å². The summed E-state index contributed by atoms with van der Waals surface area (Å²) in [5.41, 5.74) is 0.0468. The molecule has 1 aromatic rings. The van der Waals surface area contributed by atoms with Crippen molar-refractivity contribution in [3.63, 3.8) is 0 Å². The van der Waals surface area contributed by atoms with Crippen LogP contribution in [-0.4, -0.2) is 35.0 Å². The topological polar surface area (TPSA) is 57.6 Å². The van der Waals surface area contributed by atoms with Gasteiger partial charge in [-0.3, -0.25) is 9.59 Å². The summed E-state index contributed by atoms with van der Waals surface area (Å²) >= 11 is 0. The maximum atomic E-state index is 13.6. The molecule has 6 heteroatoms. The number of nitrogens with zero attached hydrogens (tertiary/aromatic N) is 1. The first-order valence-electron chi connectivity index (χ1n) is 7.36. The highest BCUT2D eigenvalue weighted by atomic mass is 19.1. The van der Waals surface area contributed by atoms with Gasteiger partial charge in [0.1, 0.15) is 11.6 Å². The smallest absolute Gasteiger partial charge is 0.307 e. The largest absolute Gasteiger partial charge is 0.481 e. The monoisotopic (exact) mass is 309 g/mol. The maximum Gasteiger partial charge on any atom is 0.307 e. The molecule has 1 aliphatic carbocycles. The first kappa shape index (κ1) is 14.9. The van der Waals surface area contributed by atoms with E-state index in [0.717, 1.165) is 12.1 Å². The molecule has 1 amide bonds. The lowest BCUT2D eigenvalue weighted by molar-refractivity contribution is -0.139. The molecule has 1 heterocycles. The minimum absolute atomic E-state index is 0.0958. The Bertz CT molecular complexity index is 624. The summed E-state index contributed by atoms with van der Waals surface area (Å²) in [5, 5.41) is 9.04. The van der Waals surface area contributed by atoms with E-state index in [1.807, 2.05) is 0 Å². The number of hydrogen-bond acceptors (Lipinski definition) is 2. The molecule has 1 saturated carbocycles. The number of carboxylic acids is 1. The van der Waals surface area contributed by atoms with E-state index in [0.29, 0.717) is 32.4 Å². The van der Waals surface area contributed by atoms with Gasteiger partial charge in [-0.1, -0.05) is 6.07 Å². The number of carbonyl (C=O) groups is 2. The van der Waals surface area contributed by atoms with Crippen LogP contribution in [0.2, 0.25) is 0 Å². The molecule has 1 unspecified atom stereocenters. The van der Waals surface area contributed by atoms with Gasteiger partial charge in [-0.15, -0.1) is 0 Å². The molecule has 3 rings (SSSR count). The number of likely N-dealkylation sites (tertiary alicyclic amines) is 1. The minimum Gasteiger partial charge on any atom is -0.481 e. The number of carbonyl (C=O) groups excluding carboxylic acids is 1. The molecule has 0 radical (unpaired) electrons. The lowest BCUT2D eigenvalue weighted by Crippen LogP contribution is -2.40. The molecule has 4 nitrogen and oxygen atoms in total. The van der Waals surface area contributed by atoms with E-state index in [2.05, 4.69) is 0 Å². The highest BCUT2D eigenvalue weighted by Crippen LogP contribution is 2.59. The second kappa shape index (κ2) is 5.34. The highest BCUT2D eigenvalue weighted by molar-refractivity contribution is 5.79. The van der Waals surface area contributed by atoms with Gasteiger partial charge in [0.25, 0.3) is 0 Å². The summed E-state index contributed by atoms with van der Waals surface area (Å²) in [6.07, 6.45) is 1.96. The predicted octanol–water partition coefficient (Wildman–Crippen LogP) is 2.22. The van der Waals surface area contributed by atoms with Crippen molar-refractivity contribution in [3.8, 4) is 0 Å². The summed E-state index contributed by atoms with van der Waals surface area (Å²) in [4.78, 5) is 24.8. The number of benzene rings is 1. The van der Waals surface area contributed by atoms with Crippen LogP contribution in [0.5, 0.6) is 0 Å². The first-order valence-corrected chi connectivity index (χ1v) is 7.36. The fraction of sp³-hybridized carbons (Fsp3) is 0.500. The first-order chi connectivity index (χ1) is 10.4. The third kappa shape index (κ3) is 2.69. The quantitative estimate of drug-likeness (QED) is 0.931. The Morgan fingerprint density at radius 3 is 2.50 bits per heavy atom. The van der Waals surface area contributed by atoms with Crippen molar-refractivity contribution in [1.82, 2.24) is 4.90 Å². The highest BCUT2D eigenvalue weighted by Gasteiger charge is 2.59. The van der Waals surface area contributed by atoms with E-state index in [1.165, 1.54) is 6.07 Å². The van der Waals surface area contributed by atoms with Crippen molar-refractivity contribution >= 4 is 11.9 Å². The second-order valence-corrected chi connectivity index (χ2v) is 6.25. The number of halogens is 2. The molecule has 1 saturated heterocycles. The average Bonchev–Trinajstić information content (AvgIpc) is 3.17.